The molecule has 1 atom stereocenters. The lowest BCUT2D eigenvalue weighted by atomic mass is 10.2. The van der Waals surface area contributed by atoms with Crippen LogP contribution < -0.4 is 9.64 Å². The molecule has 1 amide bonds. The van der Waals surface area contributed by atoms with E-state index in [9.17, 15) is 4.79 Å². The van der Waals surface area contributed by atoms with Gasteiger partial charge in [-0.05, 0) is 36.2 Å². The Hall–Kier alpha value is -1.81. The van der Waals surface area contributed by atoms with Crippen molar-refractivity contribution >= 4 is 27.5 Å². The Bertz CT molecular complexity index is 612. The zero-order valence-electron chi connectivity index (χ0n) is 11.5. The van der Waals surface area contributed by atoms with Gasteiger partial charge in [0.2, 0.25) is 5.91 Å². The number of carbonyl (C=O) groups is 1. The minimum atomic E-state index is -0.0495. The number of rotatable bonds is 4. The Balaban J connectivity index is 1.63. The molecule has 0 unspecified atom stereocenters. The van der Waals surface area contributed by atoms with Crippen molar-refractivity contribution in [2.45, 2.75) is 17.9 Å². The fourth-order valence-electron chi connectivity index (χ4n) is 2.36. The zero-order chi connectivity index (χ0) is 14.7. The number of carbonyl (C=O) groups excluding carboxylic acids is 1. The Morgan fingerprint density at radius 3 is 2.43 bits per heavy atom. The molecule has 0 aliphatic carbocycles. The summed E-state index contributed by atoms with van der Waals surface area (Å²) in [6, 6.07) is 17.7. The first kappa shape index (κ1) is 14.1. The number of benzene rings is 2. The molecule has 0 N–H and O–H groups in total. The van der Waals surface area contributed by atoms with Gasteiger partial charge in [0, 0.05) is 12.2 Å². The number of amides is 1. The third kappa shape index (κ3) is 3.27. The van der Waals surface area contributed by atoms with Crippen LogP contribution >= 0.6 is 15.9 Å². The van der Waals surface area contributed by atoms with E-state index in [0.29, 0.717) is 6.61 Å². The van der Waals surface area contributed by atoms with Crippen molar-refractivity contribution in [1.29, 1.82) is 0 Å². The maximum atomic E-state index is 11.9. The summed E-state index contributed by atoms with van der Waals surface area (Å²) in [5, 5.41) is 0. The summed E-state index contributed by atoms with van der Waals surface area (Å²) < 4.78 is 5.74. The largest absolute Gasteiger partial charge is 0.489 e. The van der Waals surface area contributed by atoms with Gasteiger partial charge < -0.3 is 9.64 Å². The topological polar surface area (TPSA) is 29.5 Å². The lowest BCUT2D eigenvalue weighted by molar-refractivity contribution is -0.116. The van der Waals surface area contributed by atoms with Gasteiger partial charge in [0.15, 0.2) is 0 Å². The van der Waals surface area contributed by atoms with Crippen molar-refractivity contribution in [3.05, 3.63) is 60.2 Å². The summed E-state index contributed by atoms with van der Waals surface area (Å²) in [7, 11) is 0. The van der Waals surface area contributed by atoms with E-state index in [1.165, 1.54) is 0 Å². The first-order valence-electron chi connectivity index (χ1n) is 6.96. The molecule has 1 aliphatic rings. The average Bonchev–Trinajstić information content (AvgIpc) is 2.87. The highest BCUT2D eigenvalue weighted by atomic mass is 79.9. The molecule has 1 saturated heterocycles. The van der Waals surface area contributed by atoms with Crippen LogP contribution in [0.2, 0.25) is 0 Å². The van der Waals surface area contributed by atoms with Gasteiger partial charge in [-0.1, -0.05) is 46.3 Å². The second-order valence-corrected chi connectivity index (χ2v) is 6.12. The lowest BCUT2D eigenvalue weighted by Crippen LogP contribution is -2.26. The summed E-state index contributed by atoms with van der Waals surface area (Å²) in [5.41, 5.74) is 2.06. The van der Waals surface area contributed by atoms with Crippen LogP contribution in [0.4, 0.5) is 5.69 Å². The van der Waals surface area contributed by atoms with Crippen molar-refractivity contribution in [2.24, 2.45) is 0 Å². The van der Waals surface area contributed by atoms with E-state index in [2.05, 4.69) is 15.9 Å². The Morgan fingerprint density at radius 1 is 1.10 bits per heavy atom. The van der Waals surface area contributed by atoms with Crippen LogP contribution in [0.3, 0.4) is 0 Å². The number of nitrogens with zero attached hydrogens (tertiary/aromatic N) is 1. The van der Waals surface area contributed by atoms with Gasteiger partial charge in [-0.3, -0.25) is 4.79 Å². The first-order valence-corrected chi connectivity index (χ1v) is 7.88. The SMILES string of the molecule is O=C1[C@@H](Br)CCN1c1ccc(OCc2ccccc2)cc1. The molecular formula is C17H16BrNO2. The second kappa shape index (κ2) is 6.31. The molecule has 0 saturated carbocycles. The van der Waals surface area contributed by atoms with Crippen LogP contribution in [0.25, 0.3) is 0 Å². The van der Waals surface area contributed by atoms with Gasteiger partial charge in [0.25, 0.3) is 0 Å². The third-order valence-corrected chi connectivity index (χ3v) is 4.39. The number of anilines is 1. The predicted octanol–water partition coefficient (Wildman–Crippen LogP) is 3.77. The van der Waals surface area contributed by atoms with E-state index in [1.807, 2.05) is 54.6 Å². The minimum absolute atomic E-state index is 0.0495. The lowest BCUT2D eigenvalue weighted by Gasteiger charge is -2.16. The number of hydrogen-bond donors (Lipinski definition) is 0. The minimum Gasteiger partial charge on any atom is -0.489 e. The van der Waals surface area contributed by atoms with E-state index in [4.69, 9.17) is 4.74 Å². The predicted molar refractivity (Wildman–Crippen MR) is 86.9 cm³/mol. The number of hydrogen-bond acceptors (Lipinski definition) is 2. The number of ether oxygens (including phenoxy) is 1. The summed E-state index contributed by atoms with van der Waals surface area (Å²) in [6.07, 6.45) is 0.852. The molecule has 4 heteroatoms. The quantitative estimate of drug-likeness (QED) is 0.789. The summed E-state index contributed by atoms with van der Waals surface area (Å²) in [5.74, 6) is 0.942. The van der Waals surface area contributed by atoms with Crippen molar-refractivity contribution in [1.82, 2.24) is 0 Å². The van der Waals surface area contributed by atoms with Gasteiger partial charge in [-0.2, -0.15) is 0 Å². The fraction of sp³-hybridized carbons (Fsp3) is 0.235. The smallest absolute Gasteiger partial charge is 0.240 e. The molecule has 0 spiro atoms. The molecule has 21 heavy (non-hydrogen) atoms. The third-order valence-electron chi connectivity index (χ3n) is 3.54. The van der Waals surface area contributed by atoms with Crippen LogP contribution in [-0.4, -0.2) is 17.3 Å². The molecular weight excluding hydrogens is 330 g/mol. The highest BCUT2D eigenvalue weighted by Crippen LogP contribution is 2.27. The fourth-order valence-corrected chi connectivity index (χ4v) is 2.82. The standard InChI is InChI=1S/C17H16BrNO2/c18-16-10-11-19(17(16)20)14-6-8-15(9-7-14)21-12-13-4-2-1-3-5-13/h1-9,16H,10-12H2/t16-/m0/s1. The summed E-state index contributed by atoms with van der Waals surface area (Å²) >= 11 is 3.39. The Labute approximate surface area is 132 Å². The van der Waals surface area contributed by atoms with Gasteiger partial charge >= 0.3 is 0 Å². The molecule has 108 valence electrons. The van der Waals surface area contributed by atoms with Crippen LogP contribution in [0.5, 0.6) is 5.75 Å². The van der Waals surface area contributed by atoms with Crippen LogP contribution in [0.15, 0.2) is 54.6 Å². The molecule has 2 aromatic rings. The van der Waals surface area contributed by atoms with Crippen molar-refractivity contribution in [3.8, 4) is 5.75 Å². The van der Waals surface area contributed by atoms with Crippen LogP contribution in [0, 0.1) is 0 Å². The normalized spacial score (nSPS) is 18.0. The molecule has 2 aromatic carbocycles. The maximum Gasteiger partial charge on any atom is 0.240 e. The molecule has 1 aliphatic heterocycles. The molecule has 1 fully saturated rings. The molecule has 0 radical (unpaired) electrons. The van der Waals surface area contributed by atoms with Crippen molar-refractivity contribution in [3.63, 3.8) is 0 Å². The molecule has 0 bridgehead atoms. The molecule has 3 nitrogen and oxygen atoms in total. The second-order valence-electron chi connectivity index (χ2n) is 5.01. The van der Waals surface area contributed by atoms with E-state index in [0.717, 1.165) is 30.0 Å². The van der Waals surface area contributed by atoms with E-state index in [1.54, 1.807) is 4.90 Å². The van der Waals surface area contributed by atoms with Crippen molar-refractivity contribution in [2.75, 3.05) is 11.4 Å². The van der Waals surface area contributed by atoms with Crippen molar-refractivity contribution < 1.29 is 9.53 Å². The van der Waals surface area contributed by atoms with E-state index >= 15 is 0 Å². The van der Waals surface area contributed by atoms with Crippen LogP contribution in [-0.2, 0) is 11.4 Å². The highest BCUT2D eigenvalue weighted by Gasteiger charge is 2.30. The van der Waals surface area contributed by atoms with Gasteiger partial charge in [0.05, 0.1) is 4.83 Å². The van der Waals surface area contributed by atoms with Gasteiger partial charge in [-0.25, -0.2) is 0 Å². The number of alkyl halides is 1. The van der Waals surface area contributed by atoms with Gasteiger partial charge in [-0.15, -0.1) is 0 Å². The molecule has 3 rings (SSSR count). The summed E-state index contributed by atoms with van der Waals surface area (Å²) in [6.45, 7) is 1.31. The molecule has 1 heterocycles. The average molecular weight is 346 g/mol. The highest BCUT2D eigenvalue weighted by molar-refractivity contribution is 9.10. The van der Waals surface area contributed by atoms with E-state index in [-0.39, 0.29) is 10.7 Å². The summed E-state index contributed by atoms with van der Waals surface area (Å²) in [4.78, 5) is 13.7. The maximum absolute atomic E-state index is 11.9. The first-order chi connectivity index (χ1) is 10.2. The van der Waals surface area contributed by atoms with Gasteiger partial charge in [0.1, 0.15) is 12.4 Å². The number of halogens is 1. The van der Waals surface area contributed by atoms with E-state index < -0.39 is 0 Å². The molecule has 0 aromatic heterocycles. The van der Waals surface area contributed by atoms with Crippen LogP contribution in [0.1, 0.15) is 12.0 Å². The zero-order valence-corrected chi connectivity index (χ0v) is 13.1. The Kier molecular flexibility index (Phi) is 4.25. The Morgan fingerprint density at radius 2 is 1.81 bits per heavy atom. The monoisotopic (exact) mass is 345 g/mol.